The molecule has 1 aliphatic heterocycles. The van der Waals surface area contributed by atoms with E-state index in [9.17, 15) is 4.79 Å². The number of carbonyl (C=O) groups is 1. The van der Waals surface area contributed by atoms with Gasteiger partial charge in [-0.25, -0.2) is 4.79 Å². The molecule has 1 aliphatic rings. The number of aryl methyl sites for hydroxylation is 1. The van der Waals surface area contributed by atoms with Crippen molar-refractivity contribution in [2.45, 2.75) is 6.92 Å². The summed E-state index contributed by atoms with van der Waals surface area (Å²) in [5, 5.41) is 2.95. The van der Waals surface area contributed by atoms with Gasteiger partial charge in [0.25, 0.3) is 0 Å². The van der Waals surface area contributed by atoms with E-state index >= 15 is 0 Å². The largest absolute Gasteiger partial charge is 0.322 e. The Morgan fingerprint density at radius 3 is 2.74 bits per heavy atom. The molecule has 0 unspecified atom stereocenters. The number of rotatable bonds is 3. The van der Waals surface area contributed by atoms with Crippen LogP contribution < -0.4 is 5.32 Å². The summed E-state index contributed by atoms with van der Waals surface area (Å²) in [4.78, 5) is 16.3. The highest BCUT2D eigenvalue weighted by atomic mass is 16.2. The van der Waals surface area contributed by atoms with Crippen LogP contribution in [0.15, 0.2) is 36.9 Å². The minimum atomic E-state index is -0.0103. The van der Waals surface area contributed by atoms with Gasteiger partial charge in [-0.1, -0.05) is 18.2 Å². The first-order valence-corrected chi connectivity index (χ1v) is 6.65. The van der Waals surface area contributed by atoms with E-state index in [1.165, 1.54) is 0 Å². The van der Waals surface area contributed by atoms with Crippen molar-refractivity contribution in [2.75, 3.05) is 38.0 Å². The predicted molar refractivity (Wildman–Crippen MR) is 78.4 cm³/mol. The molecule has 1 heterocycles. The molecule has 1 N–H and O–H groups in total. The lowest BCUT2D eigenvalue weighted by Gasteiger charge is -2.34. The van der Waals surface area contributed by atoms with Crippen LogP contribution in [0.1, 0.15) is 5.56 Å². The zero-order chi connectivity index (χ0) is 13.7. The van der Waals surface area contributed by atoms with Gasteiger partial charge in [-0.15, -0.1) is 6.58 Å². The Balaban J connectivity index is 1.86. The van der Waals surface area contributed by atoms with Crippen LogP contribution in [0, 0.1) is 6.92 Å². The van der Waals surface area contributed by atoms with Crippen molar-refractivity contribution in [3.63, 3.8) is 0 Å². The zero-order valence-electron chi connectivity index (χ0n) is 11.4. The van der Waals surface area contributed by atoms with Crippen LogP contribution in [0.2, 0.25) is 0 Å². The van der Waals surface area contributed by atoms with E-state index in [0.29, 0.717) is 0 Å². The van der Waals surface area contributed by atoms with Crippen molar-refractivity contribution in [3.8, 4) is 0 Å². The molecular formula is C15H21N3O. The van der Waals surface area contributed by atoms with Gasteiger partial charge in [-0.05, 0) is 24.6 Å². The van der Waals surface area contributed by atoms with Crippen molar-refractivity contribution >= 4 is 11.7 Å². The fourth-order valence-electron chi connectivity index (χ4n) is 2.24. The molecule has 2 rings (SSSR count). The molecular weight excluding hydrogens is 238 g/mol. The molecule has 0 aliphatic carbocycles. The van der Waals surface area contributed by atoms with Crippen LogP contribution in [-0.4, -0.2) is 48.6 Å². The van der Waals surface area contributed by atoms with Crippen molar-refractivity contribution < 1.29 is 4.79 Å². The van der Waals surface area contributed by atoms with Gasteiger partial charge in [0.05, 0.1) is 0 Å². The van der Waals surface area contributed by atoms with Crippen LogP contribution in [0.25, 0.3) is 0 Å². The molecule has 0 saturated carbocycles. The van der Waals surface area contributed by atoms with Crippen LogP contribution in [0.5, 0.6) is 0 Å². The van der Waals surface area contributed by atoms with E-state index in [1.54, 1.807) is 0 Å². The SMILES string of the molecule is C=CCN1CCN(C(=O)Nc2cccc(C)c2)CC1. The Labute approximate surface area is 114 Å². The molecule has 0 bridgehead atoms. The second-order valence-electron chi connectivity index (χ2n) is 4.88. The second kappa shape index (κ2) is 6.38. The summed E-state index contributed by atoms with van der Waals surface area (Å²) in [6.07, 6.45) is 1.91. The summed E-state index contributed by atoms with van der Waals surface area (Å²) in [6.45, 7) is 10.0. The predicted octanol–water partition coefficient (Wildman–Crippen LogP) is 2.33. The van der Waals surface area contributed by atoms with E-state index in [0.717, 1.165) is 44.0 Å². The number of hydrogen-bond donors (Lipinski definition) is 1. The van der Waals surface area contributed by atoms with Gasteiger partial charge in [-0.3, -0.25) is 4.90 Å². The van der Waals surface area contributed by atoms with Crippen LogP contribution >= 0.6 is 0 Å². The van der Waals surface area contributed by atoms with Gasteiger partial charge in [0.15, 0.2) is 0 Å². The molecule has 4 heteroatoms. The van der Waals surface area contributed by atoms with Gasteiger partial charge in [0.1, 0.15) is 0 Å². The summed E-state index contributed by atoms with van der Waals surface area (Å²) >= 11 is 0. The quantitative estimate of drug-likeness (QED) is 0.846. The van der Waals surface area contributed by atoms with E-state index in [-0.39, 0.29) is 6.03 Å². The second-order valence-corrected chi connectivity index (χ2v) is 4.88. The maximum Gasteiger partial charge on any atom is 0.321 e. The molecule has 1 saturated heterocycles. The number of amides is 2. The average molecular weight is 259 g/mol. The van der Waals surface area contributed by atoms with Gasteiger partial charge in [-0.2, -0.15) is 0 Å². The summed E-state index contributed by atoms with van der Waals surface area (Å²) in [6, 6.07) is 7.85. The van der Waals surface area contributed by atoms with Gasteiger partial charge in [0.2, 0.25) is 0 Å². The van der Waals surface area contributed by atoms with Crippen LogP contribution in [0.3, 0.4) is 0 Å². The number of carbonyl (C=O) groups excluding carboxylic acids is 1. The Hall–Kier alpha value is -1.81. The summed E-state index contributed by atoms with van der Waals surface area (Å²) in [7, 11) is 0. The molecule has 1 fully saturated rings. The monoisotopic (exact) mass is 259 g/mol. The number of nitrogens with one attached hydrogen (secondary N) is 1. The minimum Gasteiger partial charge on any atom is -0.322 e. The Kier molecular flexibility index (Phi) is 4.58. The average Bonchev–Trinajstić information content (AvgIpc) is 2.40. The molecule has 4 nitrogen and oxygen atoms in total. The fourth-order valence-corrected chi connectivity index (χ4v) is 2.24. The zero-order valence-corrected chi connectivity index (χ0v) is 11.4. The number of nitrogens with zero attached hydrogens (tertiary/aromatic N) is 2. The highest BCUT2D eigenvalue weighted by Crippen LogP contribution is 2.11. The van der Waals surface area contributed by atoms with E-state index < -0.39 is 0 Å². The van der Waals surface area contributed by atoms with Gasteiger partial charge >= 0.3 is 6.03 Å². The summed E-state index contributed by atoms with van der Waals surface area (Å²) in [5.74, 6) is 0. The van der Waals surface area contributed by atoms with E-state index in [1.807, 2.05) is 42.2 Å². The van der Waals surface area contributed by atoms with E-state index in [2.05, 4.69) is 16.8 Å². The number of urea groups is 1. The highest BCUT2D eigenvalue weighted by Gasteiger charge is 2.20. The maximum atomic E-state index is 12.1. The maximum absolute atomic E-state index is 12.1. The molecule has 102 valence electrons. The van der Waals surface area contributed by atoms with Crippen LogP contribution in [-0.2, 0) is 0 Å². The summed E-state index contributed by atoms with van der Waals surface area (Å²) < 4.78 is 0. The molecule has 1 aromatic carbocycles. The van der Waals surface area contributed by atoms with Gasteiger partial charge in [0, 0.05) is 38.4 Å². The number of hydrogen-bond acceptors (Lipinski definition) is 2. The standard InChI is InChI=1S/C15H21N3O/c1-3-7-17-8-10-18(11-9-17)15(19)16-14-6-4-5-13(2)12-14/h3-6,12H,1,7-11H2,2H3,(H,16,19). The first kappa shape index (κ1) is 13.6. The van der Waals surface area contributed by atoms with Crippen molar-refractivity contribution in [1.29, 1.82) is 0 Å². The topological polar surface area (TPSA) is 35.6 Å². The van der Waals surface area contributed by atoms with Crippen molar-refractivity contribution in [1.82, 2.24) is 9.80 Å². The Morgan fingerprint density at radius 1 is 1.37 bits per heavy atom. The number of anilines is 1. The first-order chi connectivity index (χ1) is 9.19. The lowest BCUT2D eigenvalue weighted by molar-refractivity contribution is 0.156. The molecule has 0 radical (unpaired) electrons. The Bertz CT molecular complexity index is 450. The van der Waals surface area contributed by atoms with E-state index in [4.69, 9.17) is 0 Å². The number of benzene rings is 1. The fraction of sp³-hybridized carbons (Fsp3) is 0.400. The van der Waals surface area contributed by atoms with Crippen molar-refractivity contribution in [3.05, 3.63) is 42.5 Å². The molecule has 0 spiro atoms. The smallest absolute Gasteiger partial charge is 0.321 e. The third kappa shape index (κ3) is 3.83. The normalized spacial score (nSPS) is 16.2. The molecule has 0 aromatic heterocycles. The molecule has 0 atom stereocenters. The lowest BCUT2D eigenvalue weighted by atomic mass is 10.2. The third-order valence-electron chi connectivity index (χ3n) is 3.32. The lowest BCUT2D eigenvalue weighted by Crippen LogP contribution is -2.49. The Morgan fingerprint density at radius 2 is 2.11 bits per heavy atom. The van der Waals surface area contributed by atoms with Crippen LogP contribution in [0.4, 0.5) is 10.5 Å². The molecule has 2 amide bonds. The van der Waals surface area contributed by atoms with Gasteiger partial charge < -0.3 is 10.2 Å². The first-order valence-electron chi connectivity index (χ1n) is 6.65. The minimum absolute atomic E-state index is 0.0103. The molecule has 19 heavy (non-hydrogen) atoms. The third-order valence-corrected chi connectivity index (χ3v) is 3.32. The molecule has 1 aromatic rings. The highest BCUT2D eigenvalue weighted by molar-refractivity contribution is 5.89. The van der Waals surface area contributed by atoms with Crippen molar-refractivity contribution in [2.24, 2.45) is 0 Å². The number of piperazine rings is 1. The summed E-state index contributed by atoms with van der Waals surface area (Å²) in [5.41, 5.74) is 2.01.